The highest BCUT2D eigenvalue weighted by Gasteiger charge is 2.33. The molecule has 2 N–H and O–H groups in total. The Labute approximate surface area is 81.8 Å². The van der Waals surface area contributed by atoms with Crippen molar-refractivity contribution in [2.24, 2.45) is 17.1 Å². The third-order valence-electron chi connectivity index (χ3n) is 3.53. The Bertz CT molecular complexity index is 156. The predicted molar refractivity (Wildman–Crippen MR) is 55.6 cm³/mol. The molecule has 78 valence electrons. The number of hydrogen-bond donors (Lipinski definition) is 1. The number of nitrogens with two attached hydrogens (primary N) is 1. The quantitative estimate of drug-likeness (QED) is 0.731. The second kappa shape index (κ2) is 4.43. The Morgan fingerprint density at radius 3 is 2.69 bits per heavy atom. The van der Waals surface area contributed by atoms with E-state index in [1.54, 1.807) is 0 Å². The Kier molecular flexibility index (Phi) is 3.74. The van der Waals surface area contributed by atoms with Gasteiger partial charge in [0, 0.05) is 6.54 Å². The van der Waals surface area contributed by atoms with Crippen LogP contribution in [0.2, 0.25) is 0 Å². The summed E-state index contributed by atoms with van der Waals surface area (Å²) in [5.41, 5.74) is 5.91. The predicted octanol–water partition coefficient (Wildman–Crippen LogP) is 2.18. The van der Waals surface area contributed by atoms with E-state index >= 15 is 0 Å². The van der Waals surface area contributed by atoms with Gasteiger partial charge in [-0.3, -0.25) is 0 Å². The average Bonchev–Trinajstić information content (AvgIpc) is 2.07. The van der Waals surface area contributed by atoms with E-state index in [2.05, 4.69) is 20.8 Å². The van der Waals surface area contributed by atoms with E-state index in [0.29, 0.717) is 18.1 Å². The molecule has 0 spiro atoms. The van der Waals surface area contributed by atoms with Gasteiger partial charge in [0.2, 0.25) is 0 Å². The first-order valence-corrected chi connectivity index (χ1v) is 5.38. The first-order valence-electron chi connectivity index (χ1n) is 5.38. The molecular formula is C11H23NO. The first kappa shape index (κ1) is 11.0. The number of hydrogen-bond acceptors (Lipinski definition) is 2. The minimum atomic E-state index is 0.464. The molecule has 0 heterocycles. The van der Waals surface area contributed by atoms with Crippen LogP contribution in [0, 0.1) is 11.3 Å². The lowest BCUT2D eigenvalue weighted by Crippen LogP contribution is -2.34. The molecule has 0 radical (unpaired) electrons. The van der Waals surface area contributed by atoms with Crippen LogP contribution in [0.3, 0.4) is 0 Å². The van der Waals surface area contributed by atoms with Crippen LogP contribution in [-0.2, 0) is 4.74 Å². The van der Waals surface area contributed by atoms with Crippen LogP contribution < -0.4 is 5.73 Å². The van der Waals surface area contributed by atoms with Crippen LogP contribution in [0.5, 0.6) is 0 Å². The Hall–Kier alpha value is -0.0800. The van der Waals surface area contributed by atoms with Crippen LogP contribution in [0.15, 0.2) is 0 Å². The van der Waals surface area contributed by atoms with Crippen molar-refractivity contribution in [3.8, 4) is 0 Å². The molecule has 1 aliphatic carbocycles. The lowest BCUT2D eigenvalue weighted by Gasteiger charge is -2.40. The molecule has 0 aromatic rings. The van der Waals surface area contributed by atoms with Gasteiger partial charge in [0.05, 0.1) is 12.7 Å². The highest BCUT2D eigenvalue weighted by molar-refractivity contribution is 4.84. The van der Waals surface area contributed by atoms with Gasteiger partial charge in [-0.25, -0.2) is 0 Å². The van der Waals surface area contributed by atoms with Crippen LogP contribution in [-0.4, -0.2) is 19.3 Å². The molecule has 0 aromatic carbocycles. The molecule has 2 atom stereocenters. The molecule has 0 saturated heterocycles. The van der Waals surface area contributed by atoms with Gasteiger partial charge in [-0.15, -0.1) is 0 Å². The van der Waals surface area contributed by atoms with Crippen molar-refractivity contribution < 1.29 is 4.74 Å². The van der Waals surface area contributed by atoms with Crippen molar-refractivity contribution in [2.45, 2.75) is 46.1 Å². The minimum absolute atomic E-state index is 0.464. The zero-order valence-corrected chi connectivity index (χ0v) is 9.18. The summed E-state index contributed by atoms with van der Waals surface area (Å²) in [5, 5.41) is 0. The molecule has 1 unspecified atom stereocenters. The van der Waals surface area contributed by atoms with Gasteiger partial charge in [-0.2, -0.15) is 0 Å². The molecule has 1 saturated carbocycles. The monoisotopic (exact) mass is 185 g/mol. The summed E-state index contributed by atoms with van der Waals surface area (Å²) in [6.07, 6.45) is 4.15. The van der Waals surface area contributed by atoms with Crippen LogP contribution in [0.1, 0.15) is 40.0 Å². The highest BCUT2D eigenvalue weighted by atomic mass is 16.5. The third kappa shape index (κ3) is 2.96. The Morgan fingerprint density at radius 2 is 2.15 bits per heavy atom. The normalized spacial score (nSPS) is 33.2. The van der Waals surface area contributed by atoms with Gasteiger partial charge in [0.25, 0.3) is 0 Å². The lowest BCUT2D eigenvalue weighted by atomic mass is 9.69. The summed E-state index contributed by atoms with van der Waals surface area (Å²) in [4.78, 5) is 0. The van der Waals surface area contributed by atoms with E-state index < -0.39 is 0 Å². The molecule has 0 bridgehead atoms. The van der Waals surface area contributed by atoms with Crippen molar-refractivity contribution in [3.63, 3.8) is 0 Å². The topological polar surface area (TPSA) is 35.2 Å². The summed E-state index contributed by atoms with van der Waals surface area (Å²) in [6, 6.07) is 0. The fourth-order valence-corrected chi connectivity index (χ4v) is 2.00. The Balaban J connectivity index is 2.33. The minimum Gasteiger partial charge on any atom is -0.377 e. The number of rotatable bonds is 3. The highest BCUT2D eigenvalue weighted by Crippen LogP contribution is 2.40. The Morgan fingerprint density at radius 1 is 1.46 bits per heavy atom. The van der Waals surface area contributed by atoms with E-state index in [0.717, 1.165) is 12.5 Å². The third-order valence-corrected chi connectivity index (χ3v) is 3.53. The zero-order valence-electron chi connectivity index (χ0n) is 9.18. The summed E-state index contributed by atoms with van der Waals surface area (Å²) < 4.78 is 5.67. The summed E-state index contributed by atoms with van der Waals surface area (Å²) in [5.74, 6) is 0.768. The van der Waals surface area contributed by atoms with Gasteiger partial charge in [0.15, 0.2) is 0 Å². The van der Waals surface area contributed by atoms with Crippen molar-refractivity contribution >= 4 is 0 Å². The molecule has 2 nitrogen and oxygen atoms in total. The smallest absolute Gasteiger partial charge is 0.0592 e. The van der Waals surface area contributed by atoms with Gasteiger partial charge < -0.3 is 10.5 Å². The molecule has 1 fully saturated rings. The summed E-state index contributed by atoms with van der Waals surface area (Å²) in [7, 11) is 0. The van der Waals surface area contributed by atoms with Gasteiger partial charge in [-0.05, 0) is 30.6 Å². The van der Waals surface area contributed by atoms with Crippen LogP contribution in [0.4, 0.5) is 0 Å². The second-order valence-corrected chi connectivity index (χ2v) is 4.95. The maximum atomic E-state index is 5.67. The number of ether oxygens (including phenoxy) is 1. The van der Waals surface area contributed by atoms with Crippen LogP contribution in [0.25, 0.3) is 0 Å². The molecule has 2 heteroatoms. The molecule has 0 amide bonds. The fourth-order valence-electron chi connectivity index (χ4n) is 2.00. The first-order chi connectivity index (χ1) is 6.06. The molecule has 0 aliphatic heterocycles. The average molecular weight is 185 g/mol. The van der Waals surface area contributed by atoms with Gasteiger partial charge >= 0.3 is 0 Å². The van der Waals surface area contributed by atoms with E-state index in [4.69, 9.17) is 10.5 Å². The summed E-state index contributed by atoms with van der Waals surface area (Å²) >= 11 is 0. The SMILES string of the molecule is CC1C[C@@H](OCCN)CCC1(C)C. The van der Waals surface area contributed by atoms with Gasteiger partial charge in [-0.1, -0.05) is 20.8 Å². The maximum absolute atomic E-state index is 5.67. The standard InChI is InChI=1S/C11H23NO/c1-9-8-10(13-7-6-12)4-5-11(9,2)3/h9-10H,4-8,12H2,1-3H3/t9?,10-/m0/s1. The maximum Gasteiger partial charge on any atom is 0.0592 e. The molecule has 1 rings (SSSR count). The van der Waals surface area contributed by atoms with E-state index in [-0.39, 0.29) is 0 Å². The van der Waals surface area contributed by atoms with E-state index in [1.807, 2.05) is 0 Å². The lowest BCUT2D eigenvalue weighted by molar-refractivity contribution is -0.0175. The molecule has 13 heavy (non-hydrogen) atoms. The molecule has 0 aromatic heterocycles. The van der Waals surface area contributed by atoms with Crippen LogP contribution >= 0.6 is 0 Å². The fraction of sp³-hybridized carbons (Fsp3) is 1.00. The van der Waals surface area contributed by atoms with E-state index in [1.165, 1.54) is 19.3 Å². The largest absolute Gasteiger partial charge is 0.377 e. The van der Waals surface area contributed by atoms with Gasteiger partial charge in [0.1, 0.15) is 0 Å². The zero-order chi connectivity index (χ0) is 9.90. The molecule has 1 aliphatic rings. The second-order valence-electron chi connectivity index (χ2n) is 4.95. The van der Waals surface area contributed by atoms with Crippen molar-refractivity contribution in [3.05, 3.63) is 0 Å². The molecular weight excluding hydrogens is 162 g/mol. The van der Waals surface area contributed by atoms with E-state index in [9.17, 15) is 0 Å². The summed E-state index contributed by atoms with van der Waals surface area (Å²) in [6.45, 7) is 8.41. The van der Waals surface area contributed by atoms with Crippen molar-refractivity contribution in [1.82, 2.24) is 0 Å². The van der Waals surface area contributed by atoms with Crippen molar-refractivity contribution in [1.29, 1.82) is 0 Å². The van der Waals surface area contributed by atoms with Crippen molar-refractivity contribution in [2.75, 3.05) is 13.2 Å².